The summed E-state index contributed by atoms with van der Waals surface area (Å²) >= 11 is 11.7. The second kappa shape index (κ2) is 7.10. The van der Waals surface area contributed by atoms with E-state index in [-0.39, 0.29) is 18.6 Å². The van der Waals surface area contributed by atoms with Gasteiger partial charge in [0.05, 0.1) is 0 Å². The van der Waals surface area contributed by atoms with E-state index in [0.717, 1.165) is 0 Å². The van der Waals surface area contributed by atoms with Gasteiger partial charge in [-0.3, -0.25) is 4.79 Å². The smallest absolute Gasteiger partial charge is 0.163 e. The van der Waals surface area contributed by atoms with Gasteiger partial charge < -0.3 is 5.11 Å². The number of carbonyl (C=O) groups is 1. The third-order valence-corrected chi connectivity index (χ3v) is 4.09. The number of carbonyl (C=O) groups excluding carboxylic acids is 1. The second-order valence-electron chi connectivity index (χ2n) is 5.07. The van der Waals surface area contributed by atoms with Gasteiger partial charge in [0.1, 0.15) is 5.60 Å². The van der Waals surface area contributed by atoms with Crippen LogP contribution in [0.5, 0.6) is 0 Å². The molecule has 0 fully saturated rings. The lowest BCUT2D eigenvalue weighted by molar-refractivity contribution is 0.0698. The van der Waals surface area contributed by atoms with Gasteiger partial charge in [0, 0.05) is 22.0 Å². The summed E-state index contributed by atoms with van der Waals surface area (Å²) in [7, 11) is 0. The second-order valence-corrected chi connectivity index (χ2v) is 5.94. The van der Waals surface area contributed by atoms with E-state index < -0.39 is 5.60 Å². The maximum absolute atomic E-state index is 12.2. The summed E-state index contributed by atoms with van der Waals surface area (Å²) in [4.78, 5) is 12.2. The van der Waals surface area contributed by atoms with E-state index in [4.69, 9.17) is 23.2 Å². The number of halogens is 2. The minimum Gasteiger partial charge on any atom is -0.381 e. The fraction of sp³-hybridized carbons (Fsp3) is 0.167. The van der Waals surface area contributed by atoms with Gasteiger partial charge in [0.2, 0.25) is 0 Å². The summed E-state index contributed by atoms with van der Waals surface area (Å²) in [5.74, 6) is -0.0501. The lowest BCUT2D eigenvalue weighted by Crippen LogP contribution is -2.23. The molecule has 0 aliphatic carbocycles. The largest absolute Gasteiger partial charge is 0.381 e. The number of ketones is 1. The molecule has 2 aromatic carbocycles. The number of rotatable bonds is 6. The highest BCUT2D eigenvalue weighted by Crippen LogP contribution is 2.29. The molecule has 0 amide bonds. The van der Waals surface area contributed by atoms with Crippen LogP contribution in [0.3, 0.4) is 0 Å². The first-order valence-electron chi connectivity index (χ1n) is 6.85. The van der Waals surface area contributed by atoms with Gasteiger partial charge in [-0.2, -0.15) is 0 Å². The van der Waals surface area contributed by atoms with Crippen molar-refractivity contribution < 1.29 is 9.90 Å². The molecule has 22 heavy (non-hydrogen) atoms. The van der Waals surface area contributed by atoms with Crippen molar-refractivity contribution >= 4 is 29.0 Å². The number of aliphatic hydroxyl groups is 1. The normalized spacial score (nSPS) is 13.4. The zero-order valence-electron chi connectivity index (χ0n) is 11.9. The van der Waals surface area contributed by atoms with Crippen molar-refractivity contribution in [3.8, 4) is 0 Å². The van der Waals surface area contributed by atoms with E-state index in [9.17, 15) is 9.90 Å². The molecule has 114 valence electrons. The molecule has 1 N–H and O–H groups in total. The standard InChI is InChI=1S/C18H16Cl2O2/c1-2-18(22,14-5-9-16(20)10-6-14)12-11-17(21)13-3-7-15(19)8-4-13/h2-10,22H,1,11-12H2. The molecule has 1 atom stereocenters. The fourth-order valence-corrected chi connectivity index (χ4v) is 2.44. The predicted octanol–water partition coefficient (Wildman–Crippen LogP) is 5.03. The van der Waals surface area contributed by atoms with Crippen LogP contribution in [-0.2, 0) is 5.60 Å². The molecular weight excluding hydrogens is 319 g/mol. The summed E-state index contributed by atoms with van der Waals surface area (Å²) in [5, 5.41) is 11.9. The highest BCUT2D eigenvalue weighted by Gasteiger charge is 2.26. The molecular formula is C18H16Cl2O2. The maximum atomic E-state index is 12.2. The van der Waals surface area contributed by atoms with Crippen LogP contribution in [0.25, 0.3) is 0 Å². The van der Waals surface area contributed by atoms with Crippen LogP contribution < -0.4 is 0 Å². The van der Waals surface area contributed by atoms with Crippen LogP contribution >= 0.6 is 23.2 Å². The Labute approximate surface area is 140 Å². The number of hydrogen-bond donors (Lipinski definition) is 1. The SMILES string of the molecule is C=CC(O)(CCC(=O)c1ccc(Cl)cc1)c1ccc(Cl)cc1. The lowest BCUT2D eigenvalue weighted by Gasteiger charge is -2.24. The molecule has 0 aliphatic heterocycles. The van der Waals surface area contributed by atoms with Crippen LogP contribution in [0.2, 0.25) is 10.0 Å². The number of Topliss-reactive ketones (excluding diaryl/α,β-unsaturated/α-hetero) is 1. The van der Waals surface area contributed by atoms with E-state index in [1.54, 1.807) is 48.5 Å². The van der Waals surface area contributed by atoms with Gasteiger partial charge in [-0.15, -0.1) is 0 Å². The van der Waals surface area contributed by atoms with Crippen LogP contribution in [0.4, 0.5) is 0 Å². The zero-order chi connectivity index (χ0) is 16.2. The first-order chi connectivity index (χ1) is 10.4. The van der Waals surface area contributed by atoms with Gasteiger partial charge in [-0.25, -0.2) is 0 Å². The Morgan fingerprint density at radius 2 is 1.55 bits per heavy atom. The van der Waals surface area contributed by atoms with Gasteiger partial charge in [0.25, 0.3) is 0 Å². The number of benzene rings is 2. The maximum Gasteiger partial charge on any atom is 0.163 e. The Morgan fingerprint density at radius 1 is 1.05 bits per heavy atom. The Hall–Kier alpha value is -1.61. The van der Waals surface area contributed by atoms with Crippen LogP contribution in [-0.4, -0.2) is 10.9 Å². The van der Waals surface area contributed by atoms with Gasteiger partial charge in [0.15, 0.2) is 5.78 Å². The van der Waals surface area contributed by atoms with Crippen molar-refractivity contribution in [1.82, 2.24) is 0 Å². The highest BCUT2D eigenvalue weighted by molar-refractivity contribution is 6.30. The van der Waals surface area contributed by atoms with Crippen molar-refractivity contribution in [3.05, 3.63) is 82.4 Å². The molecule has 0 bridgehead atoms. The molecule has 0 aliphatic rings. The molecule has 0 aromatic heterocycles. The van der Waals surface area contributed by atoms with Gasteiger partial charge in [-0.05, 0) is 48.4 Å². The van der Waals surface area contributed by atoms with E-state index in [2.05, 4.69) is 6.58 Å². The summed E-state index contributed by atoms with van der Waals surface area (Å²) in [5.41, 5.74) is -0.0186. The Morgan fingerprint density at radius 3 is 2.05 bits per heavy atom. The Bertz CT molecular complexity index is 662. The number of hydrogen-bond acceptors (Lipinski definition) is 2. The van der Waals surface area contributed by atoms with Crippen molar-refractivity contribution in [2.75, 3.05) is 0 Å². The topological polar surface area (TPSA) is 37.3 Å². The Balaban J connectivity index is 2.10. The van der Waals surface area contributed by atoms with E-state index in [0.29, 0.717) is 21.2 Å². The van der Waals surface area contributed by atoms with Crippen molar-refractivity contribution in [2.24, 2.45) is 0 Å². The summed E-state index contributed by atoms with van der Waals surface area (Å²) < 4.78 is 0. The van der Waals surface area contributed by atoms with Crippen molar-refractivity contribution in [3.63, 3.8) is 0 Å². The molecule has 0 radical (unpaired) electrons. The molecule has 0 spiro atoms. The molecule has 1 unspecified atom stereocenters. The summed E-state index contributed by atoms with van der Waals surface area (Å²) in [6, 6.07) is 13.6. The average Bonchev–Trinajstić information content (AvgIpc) is 2.53. The zero-order valence-corrected chi connectivity index (χ0v) is 13.4. The quantitative estimate of drug-likeness (QED) is 0.594. The van der Waals surface area contributed by atoms with Crippen molar-refractivity contribution in [1.29, 1.82) is 0 Å². The first kappa shape index (κ1) is 16.8. The molecule has 4 heteroatoms. The summed E-state index contributed by atoms with van der Waals surface area (Å²) in [6.07, 6.45) is 1.90. The third kappa shape index (κ3) is 3.98. The van der Waals surface area contributed by atoms with Gasteiger partial charge >= 0.3 is 0 Å². The molecule has 2 nitrogen and oxygen atoms in total. The molecule has 0 heterocycles. The lowest BCUT2D eigenvalue weighted by atomic mass is 9.87. The summed E-state index contributed by atoms with van der Waals surface area (Å²) in [6.45, 7) is 3.68. The van der Waals surface area contributed by atoms with E-state index in [1.807, 2.05) is 0 Å². The fourth-order valence-electron chi connectivity index (χ4n) is 2.19. The van der Waals surface area contributed by atoms with Crippen LogP contribution in [0, 0.1) is 0 Å². The first-order valence-corrected chi connectivity index (χ1v) is 7.61. The third-order valence-electron chi connectivity index (χ3n) is 3.58. The van der Waals surface area contributed by atoms with Crippen LogP contribution in [0.1, 0.15) is 28.8 Å². The minimum absolute atomic E-state index is 0.0501. The van der Waals surface area contributed by atoms with Crippen LogP contribution in [0.15, 0.2) is 61.2 Å². The van der Waals surface area contributed by atoms with E-state index in [1.165, 1.54) is 6.08 Å². The predicted molar refractivity (Wildman–Crippen MR) is 90.6 cm³/mol. The van der Waals surface area contributed by atoms with Gasteiger partial charge in [-0.1, -0.05) is 48.0 Å². The molecule has 2 aromatic rings. The molecule has 0 saturated carbocycles. The van der Waals surface area contributed by atoms with E-state index >= 15 is 0 Å². The minimum atomic E-state index is -1.26. The molecule has 0 saturated heterocycles. The monoisotopic (exact) mass is 334 g/mol. The average molecular weight is 335 g/mol. The Kier molecular flexibility index (Phi) is 5.41. The molecule has 2 rings (SSSR count). The van der Waals surface area contributed by atoms with Crippen molar-refractivity contribution in [2.45, 2.75) is 18.4 Å². The highest BCUT2D eigenvalue weighted by atomic mass is 35.5.